The van der Waals surface area contributed by atoms with E-state index in [4.69, 9.17) is 4.74 Å². The second kappa shape index (κ2) is 8.03. The first kappa shape index (κ1) is 18.1. The van der Waals surface area contributed by atoms with Gasteiger partial charge < -0.3 is 10.1 Å². The van der Waals surface area contributed by atoms with Gasteiger partial charge in [0.2, 0.25) is 10.0 Å². The van der Waals surface area contributed by atoms with Crippen LogP contribution in [0.15, 0.2) is 29.2 Å². The van der Waals surface area contributed by atoms with E-state index in [2.05, 4.69) is 5.32 Å². The Balaban J connectivity index is 2.16. The zero-order valence-electron chi connectivity index (χ0n) is 13.0. The molecule has 2 rings (SSSR count). The highest BCUT2D eigenvalue weighted by molar-refractivity contribution is 7.89. The van der Waals surface area contributed by atoms with Crippen LogP contribution in [0.4, 0.5) is 8.78 Å². The Morgan fingerprint density at radius 3 is 2.57 bits per heavy atom. The molecule has 5 nitrogen and oxygen atoms in total. The van der Waals surface area contributed by atoms with Crippen LogP contribution < -0.4 is 10.1 Å². The van der Waals surface area contributed by atoms with Crippen molar-refractivity contribution in [3.63, 3.8) is 0 Å². The topological polar surface area (TPSA) is 58.6 Å². The van der Waals surface area contributed by atoms with E-state index < -0.39 is 23.1 Å². The third kappa shape index (κ3) is 4.62. The molecule has 0 spiro atoms. The number of hydrogen-bond donors (Lipinski definition) is 1. The lowest BCUT2D eigenvalue weighted by Gasteiger charge is -2.27. The van der Waals surface area contributed by atoms with Gasteiger partial charge >= 0.3 is 0 Å². The first-order valence-electron chi connectivity index (χ1n) is 7.68. The van der Waals surface area contributed by atoms with Gasteiger partial charge in [-0.05, 0) is 43.7 Å². The minimum atomic E-state index is -3.61. The summed E-state index contributed by atoms with van der Waals surface area (Å²) in [5.74, 6) is 0.230. The summed E-state index contributed by atoms with van der Waals surface area (Å²) >= 11 is 0. The lowest BCUT2D eigenvalue weighted by atomic mass is 10.2. The fraction of sp³-hybridized carbons (Fsp3) is 0.600. The molecule has 1 aliphatic heterocycles. The Hall–Kier alpha value is -1.25. The number of nitrogens with one attached hydrogen (secondary N) is 1. The standard InChI is InChI=1S/C15H22F2N2O3S/c1-2-9-19(12-7-8-18-10-12)23(20,21)14-5-3-13(4-6-14)22-11-15(16)17/h3-6,12,15,18H,2,7-11H2,1H3. The zero-order valence-corrected chi connectivity index (χ0v) is 13.9. The summed E-state index contributed by atoms with van der Waals surface area (Å²) < 4.78 is 56.3. The molecule has 0 saturated carbocycles. The minimum Gasteiger partial charge on any atom is -0.488 e. The number of benzene rings is 1. The molecule has 8 heteroatoms. The van der Waals surface area contributed by atoms with Gasteiger partial charge in [0.1, 0.15) is 12.4 Å². The van der Waals surface area contributed by atoms with Crippen LogP contribution in [0.1, 0.15) is 19.8 Å². The summed E-state index contributed by atoms with van der Waals surface area (Å²) in [5.41, 5.74) is 0. The van der Waals surface area contributed by atoms with Crippen molar-refractivity contribution in [1.82, 2.24) is 9.62 Å². The molecule has 1 saturated heterocycles. The number of alkyl halides is 2. The van der Waals surface area contributed by atoms with Crippen LogP contribution in [0, 0.1) is 0 Å². The molecule has 23 heavy (non-hydrogen) atoms. The summed E-state index contributed by atoms with van der Waals surface area (Å²) in [6, 6.07) is 5.58. The number of hydrogen-bond acceptors (Lipinski definition) is 4. The predicted octanol–water partition coefficient (Wildman–Crippen LogP) is 2.09. The summed E-state index contributed by atoms with van der Waals surface area (Å²) in [6.45, 7) is 3.14. The molecule has 130 valence electrons. The van der Waals surface area contributed by atoms with Gasteiger partial charge in [-0.1, -0.05) is 6.92 Å². The summed E-state index contributed by atoms with van der Waals surface area (Å²) in [4.78, 5) is 0.155. The number of nitrogens with zero attached hydrogens (tertiary/aromatic N) is 1. The van der Waals surface area contributed by atoms with Gasteiger partial charge in [0.05, 0.1) is 4.90 Å². The van der Waals surface area contributed by atoms with Crippen LogP contribution in [0.5, 0.6) is 5.75 Å². The van der Waals surface area contributed by atoms with Crippen molar-refractivity contribution < 1.29 is 21.9 Å². The van der Waals surface area contributed by atoms with Gasteiger partial charge in [-0.2, -0.15) is 4.31 Å². The molecule has 1 atom stereocenters. The van der Waals surface area contributed by atoms with Crippen LogP contribution in [-0.4, -0.2) is 51.4 Å². The van der Waals surface area contributed by atoms with Crippen LogP contribution in [-0.2, 0) is 10.0 Å². The SMILES string of the molecule is CCCN(C1CCNC1)S(=O)(=O)c1ccc(OCC(F)F)cc1. The fourth-order valence-corrected chi connectivity index (χ4v) is 4.35. The molecule has 1 N–H and O–H groups in total. The van der Waals surface area contributed by atoms with Crippen LogP contribution in [0.2, 0.25) is 0 Å². The second-order valence-corrected chi connectivity index (χ2v) is 7.33. The first-order chi connectivity index (χ1) is 10.9. The number of rotatable bonds is 8. The Morgan fingerprint density at radius 2 is 2.04 bits per heavy atom. The molecule has 0 amide bonds. The van der Waals surface area contributed by atoms with Crippen molar-refractivity contribution >= 4 is 10.0 Å². The van der Waals surface area contributed by atoms with Crippen LogP contribution in [0.3, 0.4) is 0 Å². The second-order valence-electron chi connectivity index (χ2n) is 5.44. The Bertz CT molecular complexity index is 587. The molecular weight excluding hydrogens is 326 g/mol. The fourth-order valence-electron chi connectivity index (χ4n) is 2.61. The maximum absolute atomic E-state index is 12.8. The van der Waals surface area contributed by atoms with Crippen molar-refractivity contribution in [3.05, 3.63) is 24.3 Å². The molecule has 1 heterocycles. The van der Waals surface area contributed by atoms with Crippen LogP contribution >= 0.6 is 0 Å². The third-order valence-electron chi connectivity index (χ3n) is 3.69. The lowest BCUT2D eigenvalue weighted by molar-refractivity contribution is 0.0819. The highest BCUT2D eigenvalue weighted by Gasteiger charge is 2.32. The summed E-state index contributed by atoms with van der Waals surface area (Å²) in [6.07, 6.45) is -1.05. The maximum atomic E-state index is 12.8. The highest BCUT2D eigenvalue weighted by atomic mass is 32.2. The molecule has 1 fully saturated rings. The zero-order chi connectivity index (χ0) is 16.9. The van der Waals surface area contributed by atoms with Gasteiger partial charge in [-0.15, -0.1) is 0 Å². The predicted molar refractivity (Wildman–Crippen MR) is 83.4 cm³/mol. The summed E-state index contributed by atoms with van der Waals surface area (Å²) in [7, 11) is -3.61. The Labute approximate surface area is 135 Å². The molecule has 0 aromatic heterocycles. The first-order valence-corrected chi connectivity index (χ1v) is 9.12. The van der Waals surface area contributed by atoms with Gasteiger partial charge in [0, 0.05) is 19.1 Å². The molecule has 1 aromatic rings. The van der Waals surface area contributed by atoms with Crippen molar-refractivity contribution in [2.75, 3.05) is 26.2 Å². The number of ether oxygens (including phenoxy) is 1. The van der Waals surface area contributed by atoms with Gasteiger partial charge in [0.25, 0.3) is 6.43 Å². The third-order valence-corrected chi connectivity index (χ3v) is 5.66. The van der Waals surface area contributed by atoms with E-state index in [0.717, 1.165) is 19.4 Å². The minimum absolute atomic E-state index is 0.0466. The Kier molecular flexibility index (Phi) is 6.32. The maximum Gasteiger partial charge on any atom is 0.272 e. The Morgan fingerprint density at radius 1 is 1.35 bits per heavy atom. The van der Waals surface area contributed by atoms with Crippen LogP contribution in [0.25, 0.3) is 0 Å². The average molecular weight is 348 g/mol. The van der Waals surface area contributed by atoms with E-state index in [9.17, 15) is 17.2 Å². The molecule has 0 aliphatic carbocycles. The number of halogens is 2. The van der Waals surface area contributed by atoms with E-state index in [-0.39, 0.29) is 16.7 Å². The average Bonchev–Trinajstić information content (AvgIpc) is 3.04. The molecule has 0 radical (unpaired) electrons. The quantitative estimate of drug-likeness (QED) is 0.782. The molecule has 1 unspecified atom stereocenters. The van der Waals surface area contributed by atoms with Crippen molar-refractivity contribution in [2.45, 2.75) is 37.1 Å². The molecule has 0 bridgehead atoms. The largest absolute Gasteiger partial charge is 0.488 e. The van der Waals surface area contributed by atoms with Crippen molar-refractivity contribution in [2.24, 2.45) is 0 Å². The normalized spacial score (nSPS) is 18.7. The van der Waals surface area contributed by atoms with Gasteiger partial charge in [-0.3, -0.25) is 0 Å². The van der Waals surface area contributed by atoms with E-state index in [1.54, 1.807) is 0 Å². The van der Waals surface area contributed by atoms with Gasteiger partial charge in [0.15, 0.2) is 0 Å². The highest BCUT2D eigenvalue weighted by Crippen LogP contribution is 2.23. The lowest BCUT2D eigenvalue weighted by Crippen LogP contribution is -2.41. The van der Waals surface area contributed by atoms with E-state index >= 15 is 0 Å². The molecule has 1 aromatic carbocycles. The van der Waals surface area contributed by atoms with Crippen molar-refractivity contribution in [3.8, 4) is 5.75 Å². The van der Waals surface area contributed by atoms with E-state index in [1.807, 2.05) is 6.92 Å². The van der Waals surface area contributed by atoms with E-state index in [1.165, 1.54) is 28.6 Å². The smallest absolute Gasteiger partial charge is 0.272 e. The molecular formula is C15H22F2N2O3S. The van der Waals surface area contributed by atoms with Gasteiger partial charge in [-0.25, -0.2) is 17.2 Å². The summed E-state index contributed by atoms with van der Waals surface area (Å²) in [5, 5.41) is 3.17. The molecule has 1 aliphatic rings. The van der Waals surface area contributed by atoms with E-state index in [0.29, 0.717) is 13.1 Å². The monoisotopic (exact) mass is 348 g/mol. The number of sulfonamides is 1. The van der Waals surface area contributed by atoms with Crippen molar-refractivity contribution in [1.29, 1.82) is 0 Å².